The number of fused-ring (bicyclic) bond motifs is 1. The van der Waals surface area contributed by atoms with Crippen molar-refractivity contribution in [3.05, 3.63) is 56.8 Å². The molecule has 2 heterocycles. The van der Waals surface area contributed by atoms with Gasteiger partial charge in [-0.25, -0.2) is 9.78 Å². The molecule has 1 aromatic carbocycles. The van der Waals surface area contributed by atoms with Crippen molar-refractivity contribution < 1.29 is 14.3 Å². The molecule has 0 spiro atoms. The average molecular weight is 413 g/mol. The first kappa shape index (κ1) is 20.7. The van der Waals surface area contributed by atoms with E-state index in [1.54, 1.807) is 31.4 Å². The van der Waals surface area contributed by atoms with E-state index in [1.165, 1.54) is 0 Å². The lowest BCUT2D eigenvalue weighted by atomic mass is 10.1. The van der Waals surface area contributed by atoms with E-state index in [4.69, 9.17) is 4.74 Å². The van der Waals surface area contributed by atoms with Crippen LogP contribution in [-0.4, -0.2) is 27.5 Å². The fraction of sp³-hybridized carbons (Fsp3) is 0.333. The number of rotatable bonds is 6. The van der Waals surface area contributed by atoms with Crippen molar-refractivity contribution >= 4 is 39.2 Å². The summed E-state index contributed by atoms with van der Waals surface area (Å²) in [6.07, 6.45) is -0.123. The predicted octanol–water partition coefficient (Wildman–Crippen LogP) is 3.67. The van der Waals surface area contributed by atoms with E-state index in [9.17, 15) is 14.4 Å². The van der Waals surface area contributed by atoms with Gasteiger partial charge in [0.15, 0.2) is 5.13 Å². The van der Waals surface area contributed by atoms with Crippen LogP contribution in [0, 0.1) is 13.8 Å². The molecule has 0 aliphatic heterocycles. The van der Waals surface area contributed by atoms with Crippen molar-refractivity contribution in [3.8, 4) is 0 Å². The molecule has 0 unspecified atom stereocenters. The Labute approximate surface area is 172 Å². The fourth-order valence-electron chi connectivity index (χ4n) is 3.03. The van der Waals surface area contributed by atoms with Crippen LogP contribution in [0.3, 0.4) is 0 Å². The molecule has 1 amide bonds. The van der Waals surface area contributed by atoms with Crippen LogP contribution in [0.1, 0.15) is 41.2 Å². The SMILES string of the molecule is Cc1nc(NC(=O)CCn2c(=O)cc(C)c3ccccc32)sc1C(=O)OC(C)C. The lowest BCUT2D eigenvalue weighted by molar-refractivity contribution is -0.116. The van der Waals surface area contributed by atoms with Gasteiger partial charge in [0, 0.05) is 24.4 Å². The van der Waals surface area contributed by atoms with Gasteiger partial charge in [-0.2, -0.15) is 0 Å². The van der Waals surface area contributed by atoms with Gasteiger partial charge in [0.25, 0.3) is 5.56 Å². The highest BCUT2D eigenvalue weighted by Gasteiger charge is 2.19. The average Bonchev–Trinajstić information content (AvgIpc) is 3.01. The Morgan fingerprint density at radius 3 is 2.69 bits per heavy atom. The lowest BCUT2D eigenvalue weighted by Gasteiger charge is -2.11. The number of pyridine rings is 1. The first-order valence-corrected chi connectivity index (χ1v) is 10.2. The van der Waals surface area contributed by atoms with Crippen LogP contribution in [0.25, 0.3) is 10.9 Å². The van der Waals surface area contributed by atoms with Gasteiger partial charge in [0.1, 0.15) is 4.88 Å². The summed E-state index contributed by atoms with van der Waals surface area (Å²) in [5, 5.41) is 4.03. The Hall–Kier alpha value is -3.00. The predicted molar refractivity (Wildman–Crippen MR) is 114 cm³/mol. The number of aryl methyl sites for hydroxylation is 3. The molecule has 0 atom stereocenters. The van der Waals surface area contributed by atoms with Crippen LogP contribution in [0.15, 0.2) is 35.1 Å². The second-order valence-corrected chi connectivity index (χ2v) is 8.02. The van der Waals surface area contributed by atoms with Crippen LogP contribution < -0.4 is 10.9 Å². The molecule has 0 saturated heterocycles. The number of anilines is 1. The number of carbonyl (C=O) groups is 2. The van der Waals surface area contributed by atoms with Crippen molar-refractivity contribution in [2.45, 2.75) is 46.8 Å². The topological polar surface area (TPSA) is 90.3 Å². The molecule has 1 N–H and O–H groups in total. The summed E-state index contributed by atoms with van der Waals surface area (Å²) in [4.78, 5) is 41.5. The number of nitrogens with one attached hydrogen (secondary N) is 1. The number of nitrogens with zero attached hydrogens (tertiary/aromatic N) is 2. The Morgan fingerprint density at radius 2 is 1.97 bits per heavy atom. The first-order valence-electron chi connectivity index (χ1n) is 9.33. The van der Waals surface area contributed by atoms with Gasteiger partial charge in [0.05, 0.1) is 17.3 Å². The van der Waals surface area contributed by atoms with Gasteiger partial charge in [-0.3, -0.25) is 9.59 Å². The minimum absolute atomic E-state index is 0.108. The highest BCUT2D eigenvalue weighted by Crippen LogP contribution is 2.24. The molecule has 0 aliphatic carbocycles. The second kappa shape index (κ2) is 8.57. The van der Waals surface area contributed by atoms with Crippen LogP contribution in [-0.2, 0) is 16.1 Å². The van der Waals surface area contributed by atoms with E-state index >= 15 is 0 Å². The number of ether oxygens (including phenoxy) is 1. The minimum Gasteiger partial charge on any atom is -0.459 e. The summed E-state index contributed by atoms with van der Waals surface area (Å²) < 4.78 is 6.78. The monoisotopic (exact) mass is 413 g/mol. The number of amides is 1. The molecule has 0 fully saturated rings. The number of hydrogen-bond acceptors (Lipinski definition) is 6. The molecule has 0 aliphatic rings. The van der Waals surface area contributed by atoms with E-state index in [-0.39, 0.29) is 30.5 Å². The van der Waals surface area contributed by atoms with Crippen molar-refractivity contribution in [2.24, 2.45) is 0 Å². The fourth-order valence-corrected chi connectivity index (χ4v) is 3.90. The van der Waals surface area contributed by atoms with E-state index in [2.05, 4.69) is 10.3 Å². The lowest BCUT2D eigenvalue weighted by Crippen LogP contribution is -2.23. The molecule has 8 heteroatoms. The molecule has 3 aromatic rings. The first-order chi connectivity index (χ1) is 13.8. The van der Waals surface area contributed by atoms with Crippen LogP contribution in [0.2, 0.25) is 0 Å². The van der Waals surface area contributed by atoms with Crippen molar-refractivity contribution in [1.82, 2.24) is 9.55 Å². The number of benzene rings is 1. The zero-order valence-electron chi connectivity index (χ0n) is 16.8. The third-order valence-electron chi connectivity index (χ3n) is 4.36. The van der Waals surface area contributed by atoms with Gasteiger partial charge < -0.3 is 14.6 Å². The number of carbonyl (C=O) groups excluding carboxylic acids is 2. The highest BCUT2D eigenvalue weighted by molar-refractivity contribution is 7.17. The zero-order valence-corrected chi connectivity index (χ0v) is 17.6. The third kappa shape index (κ3) is 4.71. The maximum atomic E-state index is 12.4. The van der Waals surface area contributed by atoms with Gasteiger partial charge >= 0.3 is 5.97 Å². The molecule has 7 nitrogen and oxygen atoms in total. The molecule has 2 aromatic heterocycles. The quantitative estimate of drug-likeness (QED) is 0.623. The summed E-state index contributed by atoms with van der Waals surface area (Å²) in [6.45, 7) is 7.38. The van der Waals surface area contributed by atoms with E-state index in [0.29, 0.717) is 15.7 Å². The van der Waals surface area contributed by atoms with Gasteiger partial charge in [-0.1, -0.05) is 29.5 Å². The van der Waals surface area contributed by atoms with Crippen molar-refractivity contribution in [1.29, 1.82) is 0 Å². The minimum atomic E-state index is -0.451. The third-order valence-corrected chi connectivity index (χ3v) is 5.41. The molecule has 0 bridgehead atoms. The Balaban J connectivity index is 1.71. The van der Waals surface area contributed by atoms with Crippen LogP contribution in [0.4, 0.5) is 5.13 Å². The number of para-hydroxylation sites is 1. The van der Waals surface area contributed by atoms with Crippen LogP contribution >= 0.6 is 11.3 Å². The summed E-state index contributed by atoms with van der Waals surface area (Å²) in [6, 6.07) is 9.20. The van der Waals surface area contributed by atoms with E-state index in [1.807, 2.05) is 31.2 Å². The largest absolute Gasteiger partial charge is 0.459 e. The maximum absolute atomic E-state index is 12.4. The highest BCUT2D eigenvalue weighted by atomic mass is 32.1. The molecular formula is C21H23N3O4S. The molecule has 0 saturated carbocycles. The Bertz CT molecular complexity index is 1130. The number of thiazole rings is 1. The van der Waals surface area contributed by atoms with Gasteiger partial charge in [-0.15, -0.1) is 0 Å². The molecule has 29 heavy (non-hydrogen) atoms. The summed E-state index contributed by atoms with van der Waals surface area (Å²) >= 11 is 1.08. The van der Waals surface area contributed by atoms with Gasteiger partial charge in [0.2, 0.25) is 5.91 Å². The van der Waals surface area contributed by atoms with Crippen molar-refractivity contribution in [3.63, 3.8) is 0 Å². The standard InChI is InChI=1S/C21H23N3O4S/c1-12(2)28-20(27)19-14(4)22-21(29-19)23-17(25)9-10-24-16-8-6-5-7-15(16)13(3)11-18(24)26/h5-8,11-12H,9-10H2,1-4H3,(H,22,23,25). The molecule has 0 radical (unpaired) electrons. The summed E-state index contributed by atoms with van der Waals surface area (Å²) in [5.41, 5.74) is 2.08. The maximum Gasteiger partial charge on any atom is 0.350 e. The summed E-state index contributed by atoms with van der Waals surface area (Å²) in [7, 11) is 0. The summed E-state index contributed by atoms with van der Waals surface area (Å²) in [5.74, 6) is -0.729. The van der Waals surface area contributed by atoms with Crippen molar-refractivity contribution in [2.75, 3.05) is 5.32 Å². The van der Waals surface area contributed by atoms with Crippen LogP contribution in [0.5, 0.6) is 0 Å². The molecule has 3 rings (SSSR count). The Kier molecular flexibility index (Phi) is 6.12. The van der Waals surface area contributed by atoms with E-state index < -0.39 is 5.97 Å². The van der Waals surface area contributed by atoms with Gasteiger partial charge in [-0.05, 0) is 39.3 Å². The normalized spacial score (nSPS) is 11.1. The number of aromatic nitrogens is 2. The second-order valence-electron chi connectivity index (χ2n) is 7.02. The Morgan fingerprint density at radius 1 is 1.24 bits per heavy atom. The smallest absolute Gasteiger partial charge is 0.350 e. The zero-order chi connectivity index (χ0) is 21.1. The van der Waals surface area contributed by atoms with E-state index in [0.717, 1.165) is 27.8 Å². The molecule has 152 valence electrons. The number of esters is 1. The number of hydrogen-bond donors (Lipinski definition) is 1. The molecular weight excluding hydrogens is 390 g/mol.